The van der Waals surface area contributed by atoms with Crippen LogP contribution in [-0.4, -0.2) is 87.2 Å². The van der Waals surface area contributed by atoms with Crippen LogP contribution in [0.5, 0.6) is 5.75 Å². The predicted molar refractivity (Wildman–Crippen MR) is 229 cm³/mol. The number of benzene rings is 4. The zero-order valence-electron chi connectivity index (χ0n) is 33.9. The quantitative estimate of drug-likeness (QED) is 0.173. The monoisotopic (exact) mass is 786 g/mol. The van der Waals surface area contributed by atoms with Gasteiger partial charge in [0, 0.05) is 17.9 Å². The molecule has 3 saturated heterocycles. The maximum absolute atomic E-state index is 14.3. The molecule has 5 atom stereocenters. The number of aliphatic hydroxyl groups excluding tert-OH is 1. The van der Waals surface area contributed by atoms with Crippen molar-refractivity contribution in [1.29, 1.82) is 0 Å². The van der Waals surface area contributed by atoms with Gasteiger partial charge in [-0.15, -0.1) is 0 Å². The van der Waals surface area contributed by atoms with Gasteiger partial charge in [-0.2, -0.15) is 0 Å². The average Bonchev–Trinajstić information content (AvgIpc) is 3.71. The van der Waals surface area contributed by atoms with Crippen LogP contribution < -0.4 is 25.0 Å². The highest BCUT2D eigenvalue weighted by Crippen LogP contribution is 2.47. The number of aliphatic hydroxyl groups is 1. The minimum Gasteiger partial charge on any atom is -0.497 e. The molecule has 3 fully saturated rings. The van der Waals surface area contributed by atoms with E-state index in [1.807, 2.05) is 52.3 Å². The summed E-state index contributed by atoms with van der Waals surface area (Å²) in [5, 5.41) is 15.2. The third-order valence-corrected chi connectivity index (χ3v) is 18.1. The fourth-order valence-corrected chi connectivity index (χ4v) is 14.6. The van der Waals surface area contributed by atoms with Gasteiger partial charge in [-0.05, 0) is 110 Å². The minimum absolute atomic E-state index is 0.00687. The second kappa shape index (κ2) is 16.4. The van der Waals surface area contributed by atoms with Crippen LogP contribution in [0, 0.1) is 5.92 Å². The van der Waals surface area contributed by atoms with E-state index in [4.69, 9.17) is 9.47 Å². The summed E-state index contributed by atoms with van der Waals surface area (Å²) in [6.07, 6.45) is 3.97. The Morgan fingerprint density at radius 3 is 2.26 bits per heavy atom. The van der Waals surface area contributed by atoms with Crippen molar-refractivity contribution in [2.24, 2.45) is 5.92 Å². The number of nitrogens with zero attached hydrogens (tertiary/aromatic N) is 3. The number of ether oxygens (including phenoxy) is 2. The van der Waals surface area contributed by atoms with Gasteiger partial charge in [0.1, 0.15) is 11.3 Å². The Bertz CT molecular complexity index is 2020. The molecule has 4 aliphatic rings. The number of anilines is 2. The van der Waals surface area contributed by atoms with Crippen molar-refractivity contribution < 1.29 is 24.2 Å². The van der Waals surface area contributed by atoms with Crippen LogP contribution in [0.2, 0.25) is 18.6 Å². The molecule has 9 nitrogen and oxygen atoms in total. The lowest BCUT2D eigenvalue weighted by molar-refractivity contribution is -0.138. The first-order valence-electron chi connectivity index (χ1n) is 20.8. The van der Waals surface area contributed by atoms with E-state index in [-0.39, 0.29) is 48.1 Å². The van der Waals surface area contributed by atoms with Gasteiger partial charge < -0.3 is 29.7 Å². The van der Waals surface area contributed by atoms with Crippen LogP contribution in [0.25, 0.3) is 0 Å². The van der Waals surface area contributed by atoms with Crippen LogP contribution in [0.4, 0.5) is 11.4 Å². The normalized spacial score (nSPS) is 24.5. The molecule has 10 heteroatoms. The number of para-hydroxylation sites is 1. The highest BCUT2D eigenvalue weighted by molar-refractivity contribution is 6.91. The number of aryl methyl sites for hydroxylation is 1. The summed E-state index contributed by atoms with van der Waals surface area (Å²) in [6.45, 7) is 9.79. The Hall–Kier alpha value is -4.48. The first-order chi connectivity index (χ1) is 27.6. The number of fused-ring (bicyclic) bond motifs is 1. The van der Waals surface area contributed by atoms with Crippen LogP contribution in [0.1, 0.15) is 49.3 Å². The van der Waals surface area contributed by atoms with Crippen molar-refractivity contribution in [1.82, 2.24) is 10.2 Å². The molecule has 4 aliphatic heterocycles. The third-order valence-electron chi connectivity index (χ3n) is 13.7. The summed E-state index contributed by atoms with van der Waals surface area (Å²) in [5.41, 5.74) is 5.26. The van der Waals surface area contributed by atoms with E-state index in [2.05, 4.69) is 90.9 Å². The molecule has 0 unspecified atom stereocenters. The Morgan fingerprint density at radius 2 is 1.58 bits per heavy atom. The van der Waals surface area contributed by atoms with E-state index >= 15 is 0 Å². The molecule has 0 saturated carbocycles. The second-order valence-corrected chi connectivity index (χ2v) is 21.9. The molecule has 0 bridgehead atoms. The Morgan fingerprint density at radius 1 is 0.895 bits per heavy atom. The molecule has 0 radical (unpaired) electrons. The van der Waals surface area contributed by atoms with Crippen molar-refractivity contribution in [2.75, 3.05) is 43.3 Å². The van der Waals surface area contributed by atoms with Crippen LogP contribution in [0.15, 0.2) is 103 Å². The Kier molecular flexibility index (Phi) is 11.3. The molecule has 2 N–H and O–H groups in total. The summed E-state index contributed by atoms with van der Waals surface area (Å²) in [4.78, 5) is 34.7. The summed E-state index contributed by atoms with van der Waals surface area (Å²) < 4.78 is 12.5. The molecule has 8 rings (SSSR count). The van der Waals surface area contributed by atoms with Crippen molar-refractivity contribution in [2.45, 2.75) is 94.4 Å². The van der Waals surface area contributed by atoms with Gasteiger partial charge in [-0.25, -0.2) is 0 Å². The van der Waals surface area contributed by atoms with Crippen LogP contribution >= 0.6 is 0 Å². The molecule has 1 spiro atoms. The van der Waals surface area contributed by atoms with Gasteiger partial charge in [-0.1, -0.05) is 91.9 Å². The highest BCUT2D eigenvalue weighted by Gasteiger charge is 2.54. The van der Waals surface area contributed by atoms with Gasteiger partial charge in [0.05, 0.1) is 53.1 Å². The number of piperidine rings is 1. The zero-order valence-corrected chi connectivity index (χ0v) is 34.9. The van der Waals surface area contributed by atoms with Gasteiger partial charge in [0.25, 0.3) is 5.91 Å². The number of hydrogen-bond acceptors (Lipinski definition) is 7. The standard InChI is InChI=1S/C47H58N4O5Si/c1-33-42(23-16-34-14-17-37(18-15-34)50-32-51(38-12-6-5-7-13-38)47(46(50)54)24-26-48-27-25-47)56-43(45(33)57(3,4)41-21-19-40(55-2)20-22-41)29-44(53)49-30-36-11-9-8-10-35(36)28-39(49)31-52/h5-15,17-22,33,39,42-43,45,48,52H,16,23-32H2,1-4H3/t33-,39+,42+,43-,45+/m1/s1. The number of hydrogen-bond donors (Lipinski definition) is 2. The summed E-state index contributed by atoms with van der Waals surface area (Å²) in [5.74, 6) is 1.32. The zero-order chi connectivity index (χ0) is 39.7. The molecule has 4 heterocycles. The van der Waals surface area contributed by atoms with E-state index < -0.39 is 13.6 Å². The topological polar surface area (TPSA) is 94.6 Å². The fourth-order valence-electron chi connectivity index (χ4n) is 10.5. The summed E-state index contributed by atoms with van der Waals surface area (Å²) in [6, 6.07) is 35.4. The SMILES string of the molecule is COc1ccc([Si](C)(C)[C@H]2[C@H](C)[C@H](CCc3ccc(N4CN(c5ccccc5)C5(CCNCC5)C4=O)cc3)O[C@@H]2CC(=O)N2Cc3ccccc3C[C@H]2CO)cc1. The number of rotatable bonds is 11. The molecule has 4 aromatic rings. The number of amides is 2. The van der Waals surface area contributed by atoms with E-state index in [0.717, 1.165) is 61.5 Å². The van der Waals surface area contributed by atoms with E-state index in [1.165, 1.54) is 16.3 Å². The lowest BCUT2D eigenvalue weighted by Crippen LogP contribution is -2.55. The molecule has 57 heavy (non-hydrogen) atoms. The van der Waals surface area contributed by atoms with Crippen molar-refractivity contribution in [3.63, 3.8) is 0 Å². The Balaban J connectivity index is 0.991. The lowest BCUT2D eigenvalue weighted by atomic mass is 9.86. The minimum atomic E-state index is -2.18. The van der Waals surface area contributed by atoms with Gasteiger partial charge in [-0.3, -0.25) is 14.5 Å². The molecule has 4 aromatic carbocycles. The first kappa shape index (κ1) is 39.3. The molecule has 0 aromatic heterocycles. The number of carbonyl (C=O) groups excluding carboxylic acids is 2. The van der Waals surface area contributed by atoms with Crippen molar-refractivity contribution in [3.8, 4) is 5.75 Å². The first-order valence-corrected chi connectivity index (χ1v) is 23.9. The Labute approximate surface area is 339 Å². The van der Waals surface area contributed by atoms with Gasteiger partial charge in [0.2, 0.25) is 5.91 Å². The largest absolute Gasteiger partial charge is 0.497 e. The van der Waals surface area contributed by atoms with Gasteiger partial charge in [0.15, 0.2) is 0 Å². The van der Waals surface area contributed by atoms with Crippen LogP contribution in [-0.2, 0) is 33.7 Å². The molecule has 0 aliphatic carbocycles. The van der Waals surface area contributed by atoms with E-state index in [0.29, 0.717) is 26.1 Å². The van der Waals surface area contributed by atoms with E-state index in [1.54, 1.807) is 7.11 Å². The maximum atomic E-state index is 14.3. The maximum Gasteiger partial charge on any atom is 0.254 e. The molecule has 2 amide bonds. The molecular formula is C47H58N4O5Si. The lowest BCUT2D eigenvalue weighted by Gasteiger charge is -2.39. The summed E-state index contributed by atoms with van der Waals surface area (Å²) >= 11 is 0. The average molecular weight is 787 g/mol. The summed E-state index contributed by atoms with van der Waals surface area (Å²) in [7, 11) is -0.487. The second-order valence-electron chi connectivity index (χ2n) is 17.2. The van der Waals surface area contributed by atoms with E-state index in [9.17, 15) is 14.7 Å². The number of methoxy groups -OCH3 is 1. The molecule has 300 valence electrons. The predicted octanol–water partition coefficient (Wildman–Crippen LogP) is 6.29. The number of carbonyl (C=O) groups is 2. The fraction of sp³-hybridized carbons (Fsp3) is 0.447. The molecular weight excluding hydrogens is 729 g/mol. The third kappa shape index (κ3) is 7.53. The highest BCUT2D eigenvalue weighted by atomic mass is 28.3. The smallest absolute Gasteiger partial charge is 0.254 e. The van der Waals surface area contributed by atoms with Crippen molar-refractivity contribution in [3.05, 3.63) is 120 Å². The van der Waals surface area contributed by atoms with Crippen molar-refractivity contribution >= 4 is 36.4 Å². The number of nitrogens with one attached hydrogen (secondary N) is 1. The van der Waals surface area contributed by atoms with Crippen LogP contribution in [0.3, 0.4) is 0 Å². The van der Waals surface area contributed by atoms with Gasteiger partial charge >= 0.3 is 0 Å².